The standard InChI is InChI=1S/C10H9ClO/c1-8-3-2-4-9(7-8)10(12)5-6-11/h2-7H,1H3/b6-5+. The van der Waals surface area contributed by atoms with Crippen molar-refractivity contribution < 1.29 is 4.79 Å². The van der Waals surface area contributed by atoms with Crippen molar-refractivity contribution in [1.29, 1.82) is 0 Å². The van der Waals surface area contributed by atoms with Crippen LogP contribution in [0.3, 0.4) is 0 Å². The van der Waals surface area contributed by atoms with Crippen LogP contribution in [0.4, 0.5) is 0 Å². The smallest absolute Gasteiger partial charge is 0.186 e. The highest BCUT2D eigenvalue weighted by molar-refractivity contribution is 6.27. The zero-order valence-corrected chi connectivity index (χ0v) is 7.51. The molecule has 0 atom stereocenters. The third-order valence-corrected chi connectivity index (χ3v) is 1.64. The van der Waals surface area contributed by atoms with Gasteiger partial charge in [-0.1, -0.05) is 35.4 Å². The molecule has 62 valence electrons. The molecule has 0 saturated heterocycles. The molecule has 0 aliphatic rings. The Labute approximate surface area is 76.7 Å². The number of hydrogen-bond donors (Lipinski definition) is 0. The summed E-state index contributed by atoms with van der Waals surface area (Å²) in [4.78, 5) is 11.2. The second-order valence-corrected chi connectivity index (χ2v) is 2.78. The quantitative estimate of drug-likeness (QED) is 0.505. The van der Waals surface area contributed by atoms with Crippen LogP contribution in [0.2, 0.25) is 0 Å². The van der Waals surface area contributed by atoms with Gasteiger partial charge in [0, 0.05) is 11.1 Å². The zero-order valence-electron chi connectivity index (χ0n) is 6.75. The van der Waals surface area contributed by atoms with E-state index in [1.165, 1.54) is 11.6 Å². The lowest BCUT2D eigenvalue weighted by atomic mass is 10.1. The Bertz CT molecular complexity index is 315. The van der Waals surface area contributed by atoms with Gasteiger partial charge in [0.15, 0.2) is 5.78 Å². The van der Waals surface area contributed by atoms with Gasteiger partial charge in [-0.05, 0) is 19.1 Å². The first-order chi connectivity index (χ1) is 5.74. The van der Waals surface area contributed by atoms with Crippen molar-refractivity contribution in [2.24, 2.45) is 0 Å². The van der Waals surface area contributed by atoms with Crippen molar-refractivity contribution >= 4 is 17.4 Å². The van der Waals surface area contributed by atoms with Crippen molar-refractivity contribution in [3.8, 4) is 0 Å². The predicted octanol–water partition coefficient (Wildman–Crippen LogP) is 2.93. The van der Waals surface area contributed by atoms with E-state index >= 15 is 0 Å². The number of hydrogen-bond acceptors (Lipinski definition) is 1. The molecule has 12 heavy (non-hydrogen) atoms. The van der Waals surface area contributed by atoms with Gasteiger partial charge in [0.25, 0.3) is 0 Å². The molecule has 2 heteroatoms. The van der Waals surface area contributed by atoms with Crippen LogP contribution in [-0.4, -0.2) is 5.78 Å². The summed E-state index contributed by atoms with van der Waals surface area (Å²) in [6.45, 7) is 1.95. The molecule has 1 nitrogen and oxygen atoms in total. The third-order valence-electron chi connectivity index (χ3n) is 1.52. The number of aryl methyl sites for hydroxylation is 1. The predicted molar refractivity (Wildman–Crippen MR) is 50.5 cm³/mol. The molecule has 0 unspecified atom stereocenters. The Hall–Kier alpha value is -1.08. The first-order valence-electron chi connectivity index (χ1n) is 3.62. The lowest BCUT2D eigenvalue weighted by Gasteiger charge is -1.95. The number of rotatable bonds is 2. The lowest BCUT2D eigenvalue weighted by molar-refractivity contribution is 0.104. The summed E-state index contributed by atoms with van der Waals surface area (Å²) in [5, 5.41) is 0. The van der Waals surface area contributed by atoms with Crippen LogP contribution in [0.5, 0.6) is 0 Å². The molecule has 0 aromatic heterocycles. The fourth-order valence-electron chi connectivity index (χ4n) is 0.952. The first kappa shape index (κ1) is 9.01. The van der Waals surface area contributed by atoms with E-state index in [9.17, 15) is 4.79 Å². The molecule has 1 aromatic carbocycles. The van der Waals surface area contributed by atoms with Crippen LogP contribution in [-0.2, 0) is 0 Å². The highest BCUT2D eigenvalue weighted by atomic mass is 35.5. The van der Waals surface area contributed by atoms with E-state index in [1.807, 2.05) is 25.1 Å². The highest BCUT2D eigenvalue weighted by Crippen LogP contribution is 2.05. The minimum absolute atomic E-state index is 0.0614. The minimum Gasteiger partial charge on any atom is -0.289 e. The van der Waals surface area contributed by atoms with Crippen molar-refractivity contribution in [1.82, 2.24) is 0 Å². The van der Waals surface area contributed by atoms with Gasteiger partial charge in [0.1, 0.15) is 0 Å². The van der Waals surface area contributed by atoms with Crippen LogP contribution in [0, 0.1) is 6.92 Å². The van der Waals surface area contributed by atoms with Gasteiger partial charge in [-0.3, -0.25) is 4.79 Å². The van der Waals surface area contributed by atoms with Crippen LogP contribution >= 0.6 is 11.6 Å². The van der Waals surface area contributed by atoms with Crippen molar-refractivity contribution in [2.45, 2.75) is 6.92 Å². The van der Waals surface area contributed by atoms with Gasteiger partial charge in [0.2, 0.25) is 0 Å². The molecule has 1 aromatic rings. The van der Waals surface area contributed by atoms with Crippen molar-refractivity contribution in [3.63, 3.8) is 0 Å². The number of allylic oxidation sites excluding steroid dienone is 1. The minimum atomic E-state index is -0.0614. The first-order valence-corrected chi connectivity index (χ1v) is 4.05. The van der Waals surface area contributed by atoms with Crippen LogP contribution in [0.25, 0.3) is 0 Å². The highest BCUT2D eigenvalue weighted by Gasteiger charge is 1.99. The largest absolute Gasteiger partial charge is 0.289 e. The summed E-state index contributed by atoms with van der Waals surface area (Å²) in [6, 6.07) is 7.40. The molecule has 0 bridgehead atoms. The number of benzene rings is 1. The second-order valence-electron chi connectivity index (χ2n) is 2.53. The Morgan fingerprint density at radius 3 is 2.83 bits per heavy atom. The molecule has 0 fully saturated rings. The maximum Gasteiger partial charge on any atom is 0.186 e. The molecule has 0 N–H and O–H groups in total. The summed E-state index contributed by atoms with van der Waals surface area (Å²) in [5.41, 5.74) is 2.97. The monoisotopic (exact) mass is 180 g/mol. The molecule has 0 heterocycles. The van der Waals surface area contributed by atoms with Gasteiger partial charge in [-0.2, -0.15) is 0 Å². The van der Waals surface area contributed by atoms with Crippen LogP contribution in [0.15, 0.2) is 35.9 Å². The Kier molecular flexibility index (Phi) is 3.06. The van der Waals surface area contributed by atoms with Crippen LogP contribution < -0.4 is 0 Å². The van der Waals surface area contributed by atoms with Gasteiger partial charge in [-0.15, -0.1) is 0 Å². The van der Waals surface area contributed by atoms with E-state index in [4.69, 9.17) is 11.6 Å². The van der Waals surface area contributed by atoms with Crippen molar-refractivity contribution in [3.05, 3.63) is 47.0 Å². The fraction of sp³-hybridized carbons (Fsp3) is 0.100. The van der Waals surface area contributed by atoms with Gasteiger partial charge in [0.05, 0.1) is 0 Å². The van der Waals surface area contributed by atoms with Crippen molar-refractivity contribution in [2.75, 3.05) is 0 Å². The lowest BCUT2D eigenvalue weighted by Crippen LogP contribution is -1.93. The maximum atomic E-state index is 11.2. The molecule has 0 radical (unpaired) electrons. The van der Waals surface area contributed by atoms with E-state index in [0.29, 0.717) is 5.56 Å². The molecular formula is C10H9ClO. The van der Waals surface area contributed by atoms with Crippen LogP contribution in [0.1, 0.15) is 15.9 Å². The van der Waals surface area contributed by atoms with E-state index in [2.05, 4.69) is 0 Å². The zero-order chi connectivity index (χ0) is 8.97. The third kappa shape index (κ3) is 2.21. The SMILES string of the molecule is Cc1cccc(C(=O)/C=C/Cl)c1. The molecule has 1 rings (SSSR count). The Balaban J connectivity index is 2.96. The molecule has 0 aliphatic carbocycles. The molecule has 0 amide bonds. The molecule has 0 saturated carbocycles. The molecule has 0 spiro atoms. The summed E-state index contributed by atoms with van der Waals surface area (Å²) >= 11 is 5.28. The van der Waals surface area contributed by atoms with E-state index in [1.54, 1.807) is 6.07 Å². The summed E-state index contributed by atoms with van der Waals surface area (Å²) in [6.07, 6.45) is 1.34. The maximum absolute atomic E-state index is 11.2. The van der Waals surface area contributed by atoms with E-state index in [-0.39, 0.29) is 5.78 Å². The number of carbonyl (C=O) groups excluding carboxylic acids is 1. The van der Waals surface area contributed by atoms with E-state index < -0.39 is 0 Å². The van der Waals surface area contributed by atoms with Gasteiger partial charge in [-0.25, -0.2) is 0 Å². The average Bonchev–Trinajstić information content (AvgIpc) is 2.05. The number of carbonyl (C=O) groups is 1. The Morgan fingerprint density at radius 1 is 1.50 bits per heavy atom. The van der Waals surface area contributed by atoms with Gasteiger partial charge < -0.3 is 0 Å². The van der Waals surface area contributed by atoms with E-state index in [0.717, 1.165) is 5.56 Å². The summed E-state index contributed by atoms with van der Waals surface area (Å²) < 4.78 is 0. The average molecular weight is 181 g/mol. The molecular weight excluding hydrogens is 172 g/mol. The number of ketones is 1. The fourth-order valence-corrected chi connectivity index (χ4v) is 1.07. The summed E-state index contributed by atoms with van der Waals surface area (Å²) in [5.74, 6) is -0.0614. The molecule has 0 aliphatic heterocycles. The topological polar surface area (TPSA) is 17.1 Å². The normalized spacial score (nSPS) is 10.5. The second kappa shape index (κ2) is 4.07. The number of halogens is 1. The summed E-state index contributed by atoms with van der Waals surface area (Å²) in [7, 11) is 0. The Morgan fingerprint density at radius 2 is 2.25 bits per heavy atom. The van der Waals surface area contributed by atoms with Gasteiger partial charge >= 0.3 is 0 Å².